The fourth-order valence-corrected chi connectivity index (χ4v) is 6.60. The predicted octanol–water partition coefficient (Wildman–Crippen LogP) is 5.73. The van der Waals surface area contributed by atoms with Gasteiger partial charge in [-0.05, 0) is 59.5 Å². The molecule has 3 heterocycles. The summed E-state index contributed by atoms with van der Waals surface area (Å²) in [7, 11) is 1.44. The standard InChI is InChI=1S/C27H21Cl3F2N4O6S/c1-41-17-8-13-11-35(10-12(13)7-16(17)36-5-2-6-42-26(36)40)25(39)20-18(9-19(27(30,31)32)34-24(20)38)43-22-15(28)4-3-14(21(22)29)23(33)37/h3-4,7-9H,2,5-6,10-11H2,1H3,(H2,33,37)(H,34,38). The van der Waals surface area contributed by atoms with Crippen LogP contribution in [0.15, 0.2) is 44.9 Å². The lowest BCUT2D eigenvalue weighted by molar-refractivity contribution is 0.0740. The number of primary amides is 1. The summed E-state index contributed by atoms with van der Waals surface area (Å²) in [6.07, 6.45) is 0.0885. The number of hydrogen-bond donors (Lipinski definition) is 2. The maximum atomic E-state index is 14.1. The SMILES string of the molecule is COc1cc2c(cc1N1CCCOC1=O)CN(C(=O)c1c(Sc3c(Cl)ccc(C(N)=O)c3Cl)cc(C(F)(F)Cl)[nH]c1=O)C2. The highest BCUT2D eigenvalue weighted by Gasteiger charge is 2.35. The van der Waals surface area contributed by atoms with E-state index in [-0.39, 0.29) is 38.5 Å². The molecule has 16 heteroatoms. The summed E-state index contributed by atoms with van der Waals surface area (Å²) in [5, 5.41) is -4.15. The summed E-state index contributed by atoms with van der Waals surface area (Å²) in [5.41, 5.74) is 4.52. The zero-order valence-electron chi connectivity index (χ0n) is 22.1. The number of nitrogens with zero attached hydrogens (tertiary/aromatic N) is 2. The van der Waals surface area contributed by atoms with Gasteiger partial charge in [0.15, 0.2) is 0 Å². The van der Waals surface area contributed by atoms with Crippen molar-refractivity contribution < 1.29 is 32.6 Å². The molecule has 0 bridgehead atoms. The molecule has 0 aliphatic carbocycles. The van der Waals surface area contributed by atoms with E-state index in [1.807, 2.05) is 4.98 Å². The van der Waals surface area contributed by atoms with Crippen LogP contribution in [0.4, 0.5) is 19.3 Å². The normalized spacial score (nSPS) is 14.9. The highest BCUT2D eigenvalue weighted by Crippen LogP contribution is 2.43. The van der Waals surface area contributed by atoms with Gasteiger partial charge in [-0.3, -0.25) is 19.3 Å². The van der Waals surface area contributed by atoms with Crippen molar-refractivity contribution in [3.63, 3.8) is 0 Å². The van der Waals surface area contributed by atoms with Crippen molar-refractivity contribution in [2.75, 3.05) is 25.2 Å². The molecule has 0 spiro atoms. The number of cyclic esters (lactones) is 1. The van der Waals surface area contributed by atoms with E-state index in [0.717, 1.165) is 6.07 Å². The minimum Gasteiger partial charge on any atom is -0.495 e. The number of hydrogen-bond acceptors (Lipinski definition) is 7. The van der Waals surface area contributed by atoms with E-state index < -0.39 is 40.1 Å². The van der Waals surface area contributed by atoms with Gasteiger partial charge in [0.2, 0.25) is 5.91 Å². The third kappa shape index (κ3) is 5.99. The number of H-pyrrole nitrogens is 1. The van der Waals surface area contributed by atoms with Crippen LogP contribution in [0.2, 0.25) is 10.0 Å². The minimum atomic E-state index is -3.98. The Morgan fingerprint density at radius 2 is 1.84 bits per heavy atom. The molecule has 43 heavy (non-hydrogen) atoms. The highest BCUT2D eigenvalue weighted by molar-refractivity contribution is 7.99. The van der Waals surface area contributed by atoms with Gasteiger partial charge in [-0.25, -0.2) is 4.79 Å². The third-order valence-electron chi connectivity index (χ3n) is 6.82. The molecule has 2 aliphatic heterocycles. The van der Waals surface area contributed by atoms with Crippen molar-refractivity contribution >= 4 is 70.2 Å². The van der Waals surface area contributed by atoms with Gasteiger partial charge in [0.25, 0.3) is 11.5 Å². The zero-order valence-corrected chi connectivity index (χ0v) is 25.2. The number of amides is 3. The van der Waals surface area contributed by atoms with Crippen LogP contribution in [-0.4, -0.2) is 48.1 Å². The first-order valence-electron chi connectivity index (χ1n) is 12.5. The molecule has 1 saturated heterocycles. The lowest BCUT2D eigenvalue weighted by Crippen LogP contribution is -2.38. The second-order valence-corrected chi connectivity index (χ2v) is 11.8. The Morgan fingerprint density at radius 1 is 1.14 bits per heavy atom. The van der Waals surface area contributed by atoms with Gasteiger partial charge in [-0.15, -0.1) is 0 Å². The molecule has 0 radical (unpaired) electrons. The van der Waals surface area contributed by atoms with Crippen molar-refractivity contribution in [2.24, 2.45) is 5.73 Å². The van der Waals surface area contributed by atoms with Crippen molar-refractivity contribution in [1.82, 2.24) is 9.88 Å². The van der Waals surface area contributed by atoms with E-state index in [9.17, 15) is 28.0 Å². The fraction of sp³-hybridized carbons (Fsp3) is 0.259. The van der Waals surface area contributed by atoms with E-state index in [0.29, 0.717) is 53.9 Å². The molecule has 3 N–H and O–H groups in total. The molecule has 2 aliphatic rings. The Hall–Kier alpha value is -3.52. The monoisotopic (exact) mass is 672 g/mol. The molecular weight excluding hydrogens is 653 g/mol. The molecule has 1 aromatic heterocycles. The van der Waals surface area contributed by atoms with E-state index in [1.165, 1.54) is 29.0 Å². The maximum Gasteiger partial charge on any atom is 0.414 e. The summed E-state index contributed by atoms with van der Waals surface area (Å²) >= 11 is 18.5. The van der Waals surface area contributed by atoms with Crippen molar-refractivity contribution in [3.05, 3.63) is 78.7 Å². The van der Waals surface area contributed by atoms with Crippen molar-refractivity contribution in [3.8, 4) is 5.75 Å². The molecule has 5 rings (SSSR count). The molecule has 226 valence electrons. The van der Waals surface area contributed by atoms with Gasteiger partial charge in [0, 0.05) is 24.5 Å². The van der Waals surface area contributed by atoms with Crippen LogP contribution >= 0.6 is 46.6 Å². The largest absolute Gasteiger partial charge is 0.495 e. The van der Waals surface area contributed by atoms with E-state index in [4.69, 9.17) is 50.0 Å². The number of anilines is 1. The maximum absolute atomic E-state index is 14.1. The molecule has 3 aromatic rings. The fourth-order valence-electron chi connectivity index (χ4n) is 4.76. The molecule has 0 atom stereocenters. The quantitative estimate of drug-likeness (QED) is 0.306. The van der Waals surface area contributed by atoms with Gasteiger partial charge in [-0.2, -0.15) is 8.78 Å². The molecule has 10 nitrogen and oxygen atoms in total. The van der Waals surface area contributed by atoms with Crippen LogP contribution in [0, 0.1) is 0 Å². The van der Waals surface area contributed by atoms with Crippen LogP contribution in [0.3, 0.4) is 0 Å². The first kappa shape index (κ1) is 30.9. The zero-order chi connectivity index (χ0) is 31.2. The lowest BCUT2D eigenvalue weighted by Gasteiger charge is -2.28. The van der Waals surface area contributed by atoms with Gasteiger partial charge in [0.05, 0.1) is 39.9 Å². The van der Waals surface area contributed by atoms with E-state index in [2.05, 4.69) is 0 Å². The Kier molecular flexibility index (Phi) is 8.54. The number of pyridine rings is 1. The molecule has 1 fully saturated rings. The number of aromatic amines is 1. The number of alkyl halides is 3. The summed E-state index contributed by atoms with van der Waals surface area (Å²) in [5.74, 6) is -1.28. The molecule has 0 unspecified atom stereocenters. The summed E-state index contributed by atoms with van der Waals surface area (Å²) < 4.78 is 38.9. The second kappa shape index (κ2) is 11.9. The lowest BCUT2D eigenvalue weighted by atomic mass is 10.1. The Morgan fingerprint density at radius 3 is 2.47 bits per heavy atom. The van der Waals surface area contributed by atoms with E-state index >= 15 is 0 Å². The minimum absolute atomic E-state index is 0.00984. The number of aromatic nitrogens is 1. The first-order valence-corrected chi connectivity index (χ1v) is 14.5. The smallest absolute Gasteiger partial charge is 0.414 e. The number of nitrogens with two attached hydrogens (primary N) is 1. The average Bonchev–Trinajstić information content (AvgIpc) is 3.36. The third-order valence-corrected chi connectivity index (χ3v) is 9.12. The number of rotatable bonds is 7. The predicted molar refractivity (Wildman–Crippen MR) is 156 cm³/mol. The van der Waals surface area contributed by atoms with Crippen LogP contribution in [0.25, 0.3) is 0 Å². The molecule has 0 saturated carbocycles. The first-order chi connectivity index (χ1) is 20.3. The van der Waals surface area contributed by atoms with Gasteiger partial charge < -0.3 is 25.1 Å². The Labute approximate surface area is 261 Å². The molecule has 2 aromatic carbocycles. The Bertz CT molecular complexity index is 1730. The summed E-state index contributed by atoms with van der Waals surface area (Å²) in [6.45, 7) is 0.790. The average molecular weight is 674 g/mol. The molecular formula is C27H21Cl3F2N4O6S. The second-order valence-electron chi connectivity index (χ2n) is 9.53. The number of carbonyl (C=O) groups is 3. The number of nitrogens with one attached hydrogen (secondary N) is 1. The highest BCUT2D eigenvalue weighted by atomic mass is 35.5. The topological polar surface area (TPSA) is 135 Å². The number of carbonyl (C=O) groups excluding carboxylic acids is 3. The van der Waals surface area contributed by atoms with Crippen LogP contribution in [0.1, 0.15) is 44.0 Å². The number of ether oxygens (including phenoxy) is 2. The Balaban J connectivity index is 1.55. The summed E-state index contributed by atoms with van der Waals surface area (Å²) in [4.78, 5) is 55.8. The van der Waals surface area contributed by atoms with Crippen LogP contribution < -0.4 is 20.9 Å². The van der Waals surface area contributed by atoms with Crippen molar-refractivity contribution in [1.29, 1.82) is 0 Å². The number of fused-ring (bicyclic) bond motifs is 1. The number of halogens is 5. The number of methoxy groups -OCH3 is 1. The number of benzene rings is 2. The van der Waals surface area contributed by atoms with Gasteiger partial charge in [-0.1, -0.05) is 35.0 Å². The van der Waals surface area contributed by atoms with Gasteiger partial charge >= 0.3 is 11.5 Å². The van der Waals surface area contributed by atoms with Crippen LogP contribution in [0.5, 0.6) is 5.75 Å². The molecule has 3 amide bonds. The van der Waals surface area contributed by atoms with Gasteiger partial charge in [0.1, 0.15) is 17.0 Å². The van der Waals surface area contributed by atoms with Crippen molar-refractivity contribution in [2.45, 2.75) is 34.7 Å². The van der Waals surface area contributed by atoms with Crippen LogP contribution in [-0.2, 0) is 23.2 Å². The summed E-state index contributed by atoms with van der Waals surface area (Å²) in [6, 6.07) is 6.85. The van der Waals surface area contributed by atoms with E-state index in [1.54, 1.807) is 12.1 Å².